The number of amides is 1. The van der Waals surface area contributed by atoms with Crippen LogP contribution in [0.25, 0.3) is 0 Å². The van der Waals surface area contributed by atoms with Gasteiger partial charge in [-0.3, -0.25) is 4.79 Å². The highest BCUT2D eigenvalue weighted by molar-refractivity contribution is 14.1. The first-order valence-electron chi connectivity index (χ1n) is 6.22. The van der Waals surface area contributed by atoms with Crippen molar-refractivity contribution >= 4 is 50.1 Å². The Kier molecular flexibility index (Phi) is 4.86. The van der Waals surface area contributed by atoms with Gasteiger partial charge in [0, 0.05) is 13.7 Å². The highest BCUT2D eigenvalue weighted by Gasteiger charge is 2.13. The van der Waals surface area contributed by atoms with Crippen LogP contribution in [0, 0.1) is 24.3 Å². The number of rotatable bonds is 2. The Morgan fingerprint density at radius 2 is 1.70 bits per heavy atom. The third kappa shape index (κ3) is 3.41. The molecular weight excluding hydrogens is 429 g/mol. The van der Waals surface area contributed by atoms with E-state index in [0.717, 1.165) is 24.9 Å². The summed E-state index contributed by atoms with van der Waals surface area (Å²) in [6.07, 6.45) is 0. The SMILES string of the molecule is Cc1cc(C)c(NC(=O)c2cc(I)ccc2Br)c(C)c1. The van der Waals surface area contributed by atoms with Crippen molar-refractivity contribution < 1.29 is 4.79 Å². The summed E-state index contributed by atoms with van der Waals surface area (Å²) in [5, 5.41) is 3.02. The van der Waals surface area contributed by atoms with Crippen LogP contribution in [0.2, 0.25) is 0 Å². The van der Waals surface area contributed by atoms with Crippen molar-refractivity contribution in [3.63, 3.8) is 0 Å². The molecular formula is C16H15BrINO. The predicted molar refractivity (Wildman–Crippen MR) is 95.5 cm³/mol. The van der Waals surface area contributed by atoms with E-state index in [1.807, 2.05) is 32.0 Å². The Hall–Kier alpha value is -0.880. The van der Waals surface area contributed by atoms with Gasteiger partial charge in [0.05, 0.1) is 5.56 Å². The molecule has 0 aliphatic rings. The second-order valence-electron chi connectivity index (χ2n) is 4.85. The van der Waals surface area contributed by atoms with E-state index in [0.29, 0.717) is 5.56 Å². The summed E-state index contributed by atoms with van der Waals surface area (Å²) in [5.41, 5.74) is 4.91. The van der Waals surface area contributed by atoms with Gasteiger partial charge in [-0.15, -0.1) is 0 Å². The van der Waals surface area contributed by atoms with E-state index in [1.54, 1.807) is 0 Å². The van der Waals surface area contributed by atoms with Crippen molar-refractivity contribution in [2.75, 3.05) is 5.32 Å². The van der Waals surface area contributed by atoms with Crippen molar-refractivity contribution in [3.05, 3.63) is 60.6 Å². The molecule has 0 aliphatic heterocycles. The lowest BCUT2D eigenvalue weighted by atomic mass is 10.0. The number of hydrogen-bond acceptors (Lipinski definition) is 1. The quantitative estimate of drug-likeness (QED) is 0.632. The smallest absolute Gasteiger partial charge is 0.256 e. The zero-order valence-electron chi connectivity index (χ0n) is 11.6. The minimum absolute atomic E-state index is 0.0922. The van der Waals surface area contributed by atoms with E-state index in [9.17, 15) is 4.79 Å². The molecule has 0 fully saturated rings. The summed E-state index contributed by atoms with van der Waals surface area (Å²) < 4.78 is 1.84. The maximum Gasteiger partial charge on any atom is 0.256 e. The minimum atomic E-state index is -0.0922. The topological polar surface area (TPSA) is 29.1 Å². The van der Waals surface area contributed by atoms with Crippen LogP contribution in [0.3, 0.4) is 0 Å². The molecule has 104 valence electrons. The fourth-order valence-electron chi connectivity index (χ4n) is 2.23. The van der Waals surface area contributed by atoms with Crippen LogP contribution >= 0.6 is 38.5 Å². The van der Waals surface area contributed by atoms with Gasteiger partial charge in [0.2, 0.25) is 0 Å². The number of halogens is 2. The molecule has 0 heterocycles. The molecule has 2 nitrogen and oxygen atoms in total. The Morgan fingerprint density at radius 1 is 1.10 bits per heavy atom. The van der Waals surface area contributed by atoms with Crippen LogP contribution < -0.4 is 5.32 Å². The molecule has 0 bridgehead atoms. The van der Waals surface area contributed by atoms with Crippen molar-refractivity contribution in [2.24, 2.45) is 0 Å². The molecule has 0 aliphatic carbocycles. The van der Waals surface area contributed by atoms with E-state index >= 15 is 0 Å². The van der Waals surface area contributed by atoms with Crippen LogP contribution in [0.15, 0.2) is 34.8 Å². The maximum absolute atomic E-state index is 12.4. The minimum Gasteiger partial charge on any atom is -0.321 e. The van der Waals surface area contributed by atoms with Crippen molar-refractivity contribution in [1.82, 2.24) is 0 Å². The van der Waals surface area contributed by atoms with Gasteiger partial charge >= 0.3 is 0 Å². The first-order chi connectivity index (χ1) is 9.38. The Morgan fingerprint density at radius 3 is 2.30 bits per heavy atom. The van der Waals surface area contributed by atoms with Crippen LogP contribution in [-0.4, -0.2) is 5.91 Å². The molecule has 0 spiro atoms. The molecule has 0 atom stereocenters. The lowest BCUT2D eigenvalue weighted by molar-refractivity contribution is 0.102. The van der Waals surface area contributed by atoms with Crippen LogP contribution in [-0.2, 0) is 0 Å². The first kappa shape index (κ1) is 15.5. The molecule has 0 saturated heterocycles. The highest BCUT2D eigenvalue weighted by atomic mass is 127. The average molecular weight is 444 g/mol. The molecule has 4 heteroatoms. The predicted octanol–water partition coefficient (Wildman–Crippen LogP) is 5.23. The summed E-state index contributed by atoms with van der Waals surface area (Å²) in [4.78, 5) is 12.4. The summed E-state index contributed by atoms with van der Waals surface area (Å²) in [5.74, 6) is -0.0922. The standard InChI is InChI=1S/C16H15BrINO/c1-9-6-10(2)15(11(3)7-9)19-16(20)13-8-12(18)4-5-14(13)17/h4-8H,1-3H3,(H,19,20). The molecule has 2 aromatic carbocycles. The summed E-state index contributed by atoms with van der Waals surface area (Å²) in [7, 11) is 0. The summed E-state index contributed by atoms with van der Waals surface area (Å²) in [6.45, 7) is 6.08. The molecule has 1 N–H and O–H groups in total. The van der Waals surface area contributed by atoms with Gasteiger partial charge in [0.15, 0.2) is 0 Å². The van der Waals surface area contributed by atoms with Gasteiger partial charge in [0.25, 0.3) is 5.91 Å². The van der Waals surface area contributed by atoms with E-state index in [1.165, 1.54) is 5.56 Å². The normalized spacial score (nSPS) is 10.4. The maximum atomic E-state index is 12.4. The van der Waals surface area contributed by atoms with Gasteiger partial charge in [-0.1, -0.05) is 17.7 Å². The van der Waals surface area contributed by atoms with Gasteiger partial charge in [-0.2, -0.15) is 0 Å². The Bertz CT molecular complexity index is 659. The number of benzene rings is 2. The third-order valence-corrected chi connectivity index (χ3v) is 4.45. The van der Waals surface area contributed by atoms with Gasteiger partial charge in [0.1, 0.15) is 0 Å². The molecule has 20 heavy (non-hydrogen) atoms. The second kappa shape index (κ2) is 6.26. The van der Waals surface area contributed by atoms with Crippen molar-refractivity contribution in [1.29, 1.82) is 0 Å². The van der Waals surface area contributed by atoms with E-state index in [2.05, 4.69) is 62.9 Å². The zero-order chi connectivity index (χ0) is 14.9. The zero-order valence-corrected chi connectivity index (χ0v) is 15.3. The average Bonchev–Trinajstić information content (AvgIpc) is 2.36. The monoisotopic (exact) mass is 443 g/mol. The van der Waals surface area contributed by atoms with E-state index < -0.39 is 0 Å². The largest absolute Gasteiger partial charge is 0.321 e. The molecule has 0 aromatic heterocycles. The molecule has 0 saturated carbocycles. The van der Waals surface area contributed by atoms with Crippen molar-refractivity contribution in [3.8, 4) is 0 Å². The van der Waals surface area contributed by atoms with E-state index in [4.69, 9.17) is 0 Å². The fourth-order valence-corrected chi connectivity index (χ4v) is 3.15. The lowest BCUT2D eigenvalue weighted by Gasteiger charge is -2.13. The molecule has 2 rings (SSSR count). The number of carbonyl (C=O) groups is 1. The van der Waals surface area contributed by atoms with Crippen LogP contribution in [0.4, 0.5) is 5.69 Å². The van der Waals surface area contributed by atoms with Gasteiger partial charge < -0.3 is 5.32 Å². The molecule has 1 amide bonds. The fraction of sp³-hybridized carbons (Fsp3) is 0.188. The van der Waals surface area contributed by atoms with Gasteiger partial charge in [-0.05, 0) is 88.6 Å². The van der Waals surface area contributed by atoms with E-state index in [-0.39, 0.29) is 5.91 Å². The number of anilines is 1. The highest BCUT2D eigenvalue weighted by Crippen LogP contribution is 2.25. The van der Waals surface area contributed by atoms with Gasteiger partial charge in [-0.25, -0.2) is 0 Å². The number of aryl methyl sites for hydroxylation is 3. The Labute approximate surface area is 141 Å². The Balaban J connectivity index is 2.35. The van der Waals surface area contributed by atoms with Crippen molar-refractivity contribution in [2.45, 2.75) is 20.8 Å². The number of carbonyl (C=O) groups excluding carboxylic acids is 1. The molecule has 0 unspecified atom stereocenters. The second-order valence-corrected chi connectivity index (χ2v) is 6.95. The summed E-state index contributed by atoms with van der Waals surface area (Å²) in [6, 6.07) is 9.88. The lowest BCUT2D eigenvalue weighted by Crippen LogP contribution is -2.14. The third-order valence-electron chi connectivity index (χ3n) is 3.09. The summed E-state index contributed by atoms with van der Waals surface area (Å²) >= 11 is 5.63. The van der Waals surface area contributed by atoms with Crippen LogP contribution in [0.1, 0.15) is 27.0 Å². The molecule has 0 radical (unpaired) electrons. The van der Waals surface area contributed by atoms with Crippen LogP contribution in [0.5, 0.6) is 0 Å². The number of nitrogens with one attached hydrogen (secondary N) is 1. The molecule has 2 aromatic rings. The number of hydrogen-bond donors (Lipinski definition) is 1. The first-order valence-corrected chi connectivity index (χ1v) is 8.10.